The number of carbonyl (C=O) groups excluding carboxylic acids is 5. The van der Waals surface area contributed by atoms with Crippen LogP contribution in [-0.2, 0) is 24.4 Å². The maximum atomic E-state index is 12.7. The molecule has 5 aromatic carbocycles. The fourth-order valence-corrected chi connectivity index (χ4v) is 11.1. The number of hydrogen-bond acceptors (Lipinski definition) is 20. The van der Waals surface area contributed by atoms with Crippen LogP contribution in [0, 0.1) is 0 Å². The SMILES string of the molecule is CN(C)CCCO.CN(C)CCCOc1ncc(CNC(=O)c2ccc3c(c2)NC(=O)c2ccccc2O3)s1.NCc1cnc(Cl)s1.O=C(O)c1ccc2c(c1)NC(=O)c1ccccc1O2.O=C1Nc2cc(C(=O)NCc3cnc(Cl)s3)ccc2OC2=CCCC=C12. The van der Waals surface area contributed by atoms with Crippen LogP contribution in [0.25, 0.3) is 0 Å². The molecule has 6 heterocycles. The highest BCUT2D eigenvalue weighted by atomic mass is 35.5. The average molecular weight is 1350 g/mol. The molecule has 8 aromatic rings. The van der Waals surface area contributed by atoms with E-state index in [9.17, 15) is 28.8 Å². The minimum atomic E-state index is -1.06. The number of carboxylic acid groups (broad SMARTS) is 1. The first kappa shape index (κ1) is 68.8. The van der Waals surface area contributed by atoms with E-state index >= 15 is 0 Å². The van der Waals surface area contributed by atoms with Crippen molar-refractivity contribution in [2.45, 2.75) is 45.3 Å². The van der Waals surface area contributed by atoms with Gasteiger partial charge in [-0.05, 0) is 145 Å². The molecule has 4 aliphatic rings. The summed E-state index contributed by atoms with van der Waals surface area (Å²) in [4.78, 5) is 91.7. The first-order chi connectivity index (χ1) is 44.3. The lowest BCUT2D eigenvalue weighted by atomic mass is 10.0. The fourth-order valence-electron chi connectivity index (χ4n) is 8.58. The summed E-state index contributed by atoms with van der Waals surface area (Å²) in [7, 11) is 8.04. The number of halogens is 2. The van der Waals surface area contributed by atoms with Crippen LogP contribution in [0.1, 0.15) is 92.1 Å². The van der Waals surface area contributed by atoms with Gasteiger partial charge in [-0.2, -0.15) is 0 Å². The highest BCUT2D eigenvalue weighted by molar-refractivity contribution is 7.16. The van der Waals surface area contributed by atoms with Crippen molar-refractivity contribution in [1.29, 1.82) is 0 Å². The van der Waals surface area contributed by atoms with Gasteiger partial charge in [-0.15, -0.1) is 22.7 Å². The second-order valence-corrected chi connectivity index (χ2v) is 25.0. The minimum Gasteiger partial charge on any atom is -0.478 e. The summed E-state index contributed by atoms with van der Waals surface area (Å²) < 4.78 is 24.0. The van der Waals surface area contributed by atoms with Crippen molar-refractivity contribution in [3.8, 4) is 33.9 Å². The van der Waals surface area contributed by atoms with E-state index in [1.807, 2.05) is 40.3 Å². The molecule has 0 fully saturated rings. The Morgan fingerprint density at radius 2 is 1.07 bits per heavy atom. The zero-order valence-electron chi connectivity index (χ0n) is 50.3. The van der Waals surface area contributed by atoms with E-state index in [1.165, 1.54) is 52.2 Å². The van der Waals surface area contributed by atoms with Crippen LogP contribution in [-0.4, -0.2) is 125 Å². The standard InChI is InChI=1S/C23H24N4O4S.C18H14ClN3O3S.C14H9NO4.C5H13NO.C4H5ClN2S/c1-27(2)10-5-11-30-23-25-14-16(32-23)13-24-21(28)15-8-9-20-18(12-15)26-22(29)17-6-3-4-7-19(17)31-20;19-18-21-9-11(26-18)8-20-16(23)10-5-6-15-13(7-10)22-17(24)12-3-1-2-4-14(12)25-15;16-13-9-3-1-2-4-11(9)19-12-6-5-8(14(17)18)7-10(12)15-13;1-6(2)4-3-5-7;5-4-7-2-3(1-6)8-4/h3-4,6-9,12,14H,5,10-11,13H2,1-2H3,(H,24,28)(H,26,29);3-7,9H,1-2,8H2,(H,20,23)(H,22,24);1-7H,(H,15,16)(H,17,18);7H,3-5H2,1-2H3;2H,1,6H2. The Bertz CT molecular complexity index is 4000. The van der Waals surface area contributed by atoms with E-state index in [0.29, 0.717) is 126 Å². The molecule has 28 heteroatoms. The second-order valence-electron chi connectivity index (χ2n) is 20.6. The number of carboxylic acids is 1. The molecule has 92 heavy (non-hydrogen) atoms. The number of aliphatic hydroxyl groups excluding tert-OH is 1. The lowest BCUT2D eigenvalue weighted by molar-refractivity contribution is -0.112. The summed E-state index contributed by atoms with van der Waals surface area (Å²) in [6.07, 6.45) is 12.2. The van der Waals surface area contributed by atoms with Gasteiger partial charge >= 0.3 is 5.97 Å². The number of nitrogens with one attached hydrogen (secondary N) is 5. The molecule has 480 valence electrons. The van der Waals surface area contributed by atoms with Gasteiger partial charge in [0, 0.05) is 64.0 Å². The molecule has 23 nitrogen and oxygen atoms in total. The number of rotatable bonds is 16. The van der Waals surface area contributed by atoms with Crippen molar-refractivity contribution in [2.24, 2.45) is 5.73 Å². The van der Waals surface area contributed by atoms with E-state index in [-0.39, 0.29) is 35.1 Å². The van der Waals surface area contributed by atoms with Gasteiger partial charge < -0.3 is 71.3 Å². The third kappa shape index (κ3) is 20.0. The molecule has 3 aliphatic heterocycles. The number of ether oxygens (including phenoxy) is 4. The molecule has 1 aliphatic carbocycles. The number of para-hydroxylation sites is 2. The van der Waals surface area contributed by atoms with Crippen LogP contribution >= 0.6 is 57.2 Å². The Kier molecular flexibility index (Phi) is 25.3. The van der Waals surface area contributed by atoms with E-state index in [1.54, 1.807) is 104 Å². The van der Waals surface area contributed by atoms with Crippen molar-refractivity contribution in [3.63, 3.8) is 0 Å². The second kappa shape index (κ2) is 33.8. The number of carbonyl (C=O) groups is 6. The molecule has 0 saturated carbocycles. The topological polar surface area (TPSA) is 311 Å². The molecule has 12 rings (SSSR count). The highest BCUT2D eigenvalue weighted by Crippen LogP contribution is 2.39. The van der Waals surface area contributed by atoms with Gasteiger partial charge in [0.05, 0.1) is 59.0 Å². The predicted octanol–water partition coefficient (Wildman–Crippen LogP) is 11.4. The maximum absolute atomic E-state index is 12.7. The van der Waals surface area contributed by atoms with Crippen LogP contribution in [0.3, 0.4) is 0 Å². The average Bonchev–Trinajstić information content (AvgIpc) is 1.69. The third-order valence-electron chi connectivity index (χ3n) is 13.1. The Balaban J connectivity index is 0.000000162. The first-order valence-electron chi connectivity index (χ1n) is 28.5. The maximum Gasteiger partial charge on any atom is 0.335 e. The van der Waals surface area contributed by atoms with Crippen molar-refractivity contribution in [3.05, 3.63) is 197 Å². The van der Waals surface area contributed by atoms with Gasteiger partial charge in [-0.3, -0.25) is 24.0 Å². The number of thiazole rings is 3. The van der Waals surface area contributed by atoms with Crippen molar-refractivity contribution in [1.82, 2.24) is 35.4 Å². The van der Waals surface area contributed by atoms with Crippen molar-refractivity contribution >= 4 is 110 Å². The highest BCUT2D eigenvalue weighted by Gasteiger charge is 2.27. The molecule has 5 amide bonds. The molecule has 0 saturated heterocycles. The molecule has 3 aromatic heterocycles. The summed E-state index contributed by atoms with van der Waals surface area (Å²) in [5.41, 5.74) is 8.87. The molecule has 0 spiro atoms. The van der Waals surface area contributed by atoms with Gasteiger partial charge in [0.15, 0.2) is 26.2 Å². The fraction of sp³-hybridized carbons (Fsp3) is 0.234. The quantitative estimate of drug-likeness (QED) is 0.0417. The summed E-state index contributed by atoms with van der Waals surface area (Å²) in [6, 6.07) is 28.1. The molecule has 9 N–H and O–H groups in total. The van der Waals surface area contributed by atoms with Crippen molar-refractivity contribution in [2.75, 3.05) is 70.4 Å². The van der Waals surface area contributed by atoms with Gasteiger partial charge in [-0.1, -0.05) is 64.9 Å². The molecule has 0 unspecified atom stereocenters. The number of amides is 5. The Hall–Kier alpha value is -9.09. The van der Waals surface area contributed by atoms with E-state index in [4.69, 9.17) is 58.1 Å². The lowest BCUT2D eigenvalue weighted by Crippen LogP contribution is -2.22. The number of anilines is 3. The number of aromatic carboxylic acids is 1. The number of nitrogens with zero attached hydrogens (tertiary/aromatic N) is 5. The Morgan fingerprint density at radius 3 is 1.55 bits per heavy atom. The molecule has 0 atom stereocenters. The number of nitrogens with two attached hydrogens (primary N) is 1. The van der Waals surface area contributed by atoms with Gasteiger partial charge in [0.25, 0.3) is 34.7 Å². The van der Waals surface area contributed by atoms with Gasteiger partial charge in [-0.25, -0.2) is 19.7 Å². The van der Waals surface area contributed by atoms with Gasteiger partial charge in [0.2, 0.25) is 0 Å². The molecular formula is C64H65Cl2N11O12S3. The zero-order valence-corrected chi connectivity index (χ0v) is 54.2. The zero-order chi connectivity index (χ0) is 65.7. The Morgan fingerprint density at radius 1 is 0.598 bits per heavy atom. The van der Waals surface area contributed by atoms with Gasteiger partial charge in [0.1, 0.15) is 17.3 Å². The lowest BCUT2D eigenvalue weighted by Gasteiger charge is -2.12. The molecule has 0 radical (unpaired) electrons. The first-order valence-corrected chi connectivity index (χ1v) is 31.7. The smallest absolute Gasteiger partial charge is 0.335 e. The predicted molar refractivity (Wildman–Crippen MR) is 355 cm³/mol. The third-order valence-corrected chi connectivity index (χ3v) is 16.3. The summed E-state index contributed by atoms with van der Waals surface area (Å²) in [5, 5.41) is 31.8. The number of aliphatic hydroxyl groups is 1. The largest absolute Gasteiger partial charge is 0.478 e. The normalized spacial score (nSPS) is 12.9. The Labute approximate surface area is 551 Å². The number of hydrogen-bond donors (Lipinski definition) is 8. The molecular weight excluding hydrogens is 1280 g/mol. The number of benzene rings is 5. The monoisotopic (exact) mass is 1350 g/mol. The van der Waals surface area contributed by atoms with Crippen LogP contribution in [0.4, 0.5) is 17.1 Å². The number of aromatic nitrogens is 3. The molecule has 0 bridgehead atoms. The number of fused-ring (bicyclic) bond motifs is 6. The van der Waals surface area contributed by atoms with E-state index in [0.717, 1.165) is 53.4 Å². The van der Waals surface area contributed by atoms with Crippen LogP contribution in [0.5, 0.6) is 33.9 Å². The van der Waals surface area contributed by atoms with Crippen LogP contribution < -0.4 is 51.3 Å². The van der Waals surface area contributed by atoms with Crippen molar-refractivity contribution < 1.29 is 57.9 Å². The van der Waals surface area contributed by atoms with Crippen LogP contribution in [0.2, 0.25) is 8.93 Å². The van der Waals surface area contributed by atoms with Crippen LogP contribution in [0.15, 0.2) is 145 Å². The van der Waals surface area contributed by atoms with E-state index in [2.05, 4.69) is 51.3 Å². The van der Waals surface area contributed by atoms with E-state index < -0.39 is 5.97 Å². The number of allylic oxidation sites excluding steroid dienone is 2. The summed E-state index contributed by atoms with van der Waals surface area (Å²) in [6.45, 7) is 4.04. The summed E-state index contributed by atoms with van der Waals surface area (Å²) in [5.74, 6) is 0.501. The summed E-state index contributed by atoms with van der Waals surface area (Å²) >= 11 is 15.4. The minimum absolute atomic E-state index is 0.0913.